The molecule has 1 unspecified atom stereocenters. The number of benzene rings is 1. The Kier molecular flexibility index (Phi) is 5.12. The lowest BCUT2D eigenvalue weighted by Gasteiger charge is -2.21. The molecule has 1 aromatic rings. The minimum atomic E-state index is 0.358. The zero-order valence-corrected chi connectivity index (χ0v) is 12.6. The second kappa shape index (κ2) is 6.83. The Morgan fingerprint density at radius 3 is 2.95 bits per heavy atom. The monoisotopic (exact) mass is 323 g/mol. The van der Waals surface area contributed by atoms with Crippen LogP contribution in [0, 0.1) is 12.3 Å². The lowest BCUT2D eigenvalue weighted by molar-refractivity contribution is 0.170. The zero-order chi connectivity index (χ0) is 13.7. The molecule has 1 aliphatic heterocycles. The largest absolute Gasteiger partial charge is 0.486 e. The van der Waals surface area contributed by atoms with E-state index in [1.807, 2.05) is 6.07 Å². The van der Waals surface area contributed by atoms with Crippen LogP contribution in [0.2, 0.25) is 0 Å². The fraction of sp³-hybridized carbons (Fsp3) is 0.467. The number of ether oxygens (including phenoxy) is 2. The third-order valence-corrected chi connectivity index (χ3v) is 3.70. The highest BCUT2D eigenvalue weighted by molar-refractivity contribution is 9.10. The first-order valence-corrected chi connectivity index (χ1v) is 7.28. The van der Waals surface area contributed by atoms with E-state index in [2.05, 4.69) is 40.2 Å². The van der Waals surface area contributed by atoms with Gasteiger partial charge in [-0.05, 0) is 40.0 Å². The summed E-state index contributed by atoms with van der Waals surface area (Å²) in [7, 11) is 0. The van der Waals surface area contributed by atoms with Crippen molar-refractivity contribution in [3.63, 3.8) is 0 Å². The van der Waals surface area contributed by atoms with Crippen molar-refractivity contribution in [2.45, 2.75) is 32.4 Å². The molecular weight excluding hydrogens is 306 g/mol. The van der Waals surface area contributed by atoms with Gasteiger partial charge in [0, 0.05) is 19.0 Å². The first kappa shape index (κ1) is 14.2. The highest BCUT2D eigenvalue weighted by atomic mass is 79.9. The van der Waals surface area contributed by atoms with E-state index in [1.54, 1.807) is 0 Å². The van der Waals surface area contributed by atoms with Crippen molar-refractivity contribution in [2.75, 3.05) is 13.2 Å². The molecule has 1 aliphatic rings. The summed E-state index contributed by atoms with van der Waals surface area (Å²) in [5.74, 6) is 4.30. The van der Waals surface area contributed by atoms with Crippen LogP contribution >= 0.6 is 15.9 Å². The minimum Gasteiger partial charge on any atom is -0.486 e. The van der Waals surface area contributed by atoms with E-state index < -0.39 is 0 Å². The molecule has 0 aromatic heterocycles. The van der Waals surface area contributed by atoms with Crippen LogP contribution in [0.3, 0.4) is 0 Å². The van der Waals surface area contributed by atoms with E-state index in [-0.39, 0.29) is 0 Å². The third kappa shape index (κ3) is 3.65. The lowest BCUT2D eigenvalue weighted by atomic mass is 10.1. The summed E-state index contributed by atoms with van der Waals surface area (Å²) in [4.78, 5) is 0. The van der Waals surface area contributed by atoms with Gasteiger partial charge in [0.15, 0.2) is 11.5 Å². The predicted molar refractivity (Wildman–Crippen MR) is 79.5 cm³/mol. The second-order valence-corrected chi connectivity index (χ2v) is 5.35. The minimum absolute atomic E-state index is 0.358. The Bertz CT molecular complexity index is 482. The lowest BCUT2D eigenvalue weighted by Crippen LogP contribution is -2.27. The molecule has 19 heavy (non-hydrogen) atoms. The highest BCUT2D eigenvalue weighted by Crippen LogP contribution is 2.38. The fourth-order valence-corrected chi connectivity index (χ4v) is 2.64. The molecule has 0 saturated carbocycles. The molecule has 1 N–H and O–H groups in total. The Hall–Kier alpha value is -1.18. The maximum absolute atomic E-state index is 5.61. The van der Waals surface area contributed by atoms with Crippen LogP contribution in [0.1, 0.15) is 25.3 Å². The van der Waals surface area contributed by atoms with Crippen molar-refractivity contribution in [1.82, 2.24) is 5.32 Å². The molecule has 1 aromatic carbocycles. The van der Waals surface area contributed by atoms with Gasteiger partial charge in [-0.15, -0.1) is 12.3 Å². The summed E-state index contributed by atoms with van der Waals surface area (Å²) in [5.41, 5.74) is 1.16. The van der Waals surface area contributed by atoms with Crippen LogP contribution in [0.15, 0.2) is 16.6 Å². The zero-order valence-electron chi connectivity index (χ0n) is 11.0. The first-order valence-electron chi connectivity index (χ1n) is 6.49. The molecule has 0 spiro atoms. The van der Waals surface area contributed by atoms with Crippen molar-refractivity contribution in [1.29, 1.82) is 0 Å². The summed E-state index contributed by atoms with van der Waals surface area (Å²) in [6, 6.07) is 4.44. The molecule has 0 bridgehead atoms. The molecular formula is C15H18BrNO2. The fourth-order valence-electron chi connectivity index (χ4n) is 2.03. The molecule has 2 rings (SSSR count). The van der Waals surface area contributed by atoms with Gasteiger partial charge in [-0.2, -0.15) is 0 Å². The Morgan fingerprint density at radius 2 is 2.21 bits per heavy atom. The molecule has 102 valence electrons. The van der Waals surface area contributed by atoms with E-state index >= 15 is 0 Å². The molecule has 0 fully saturated rings. The van der Waals surface area contributed by atoms with Crippen molar-refractivity contribution < 1.29 is 9.47 Å². The highest BCUT2D eigenvalue weighted by Gasteiger charge is 2.16. The SMILES string of the molecule is C#CCC(CC)NCc1cc(Br)c2c(c1)OCCO2. The normalized spacial score (nSPS) is 14.8. The number of hydrogen-bond donors (Lipinski definition) is 1. The molecule has 4 heteroatoms. The quantitative estimate of drug-likeness (QED) is 0.844. The molecule has 0 saturated heterocycles. The van der Waals surface area contributed by atoms with Crippen LogP contribution in [0.5, 0.6) is 11.5 Å². The Labute approximate surface area is 122 Å². The molecule has 0 radical (unpaired) electrons. The van der Waals surface area contributed by atoms with Gasteiger partial charge in [0.1, 0.15) is 13.2 Å². The molecule has 1 atom stereocenters. The number of rotatable bonds is 5. The standard InChI is InChI=1S/C15H18BrNO2/c1-3-5-12(4-2)17-10-11-8-13(16)15-14(9-11)18-6-7-19-15/h1,8-9,12,17H,4-7,10H2,2H3. The van der Waals surface area contributed by atoms with E-state index in [0.29, 0.717) is 19.3 Å². The van der Waals surface area contributed by atoms with Crippen LogP contribution in [-0.4, -0.2) is 19.3 Å². The average Bonchev–Trinajstić information content (AvgIpc) is 2.43. The summed E-state index contributed by atoms with van der Waals surface area (Å²) < 4.78 is 12.1. The van der Waals surface area contributed by atoms with E-state index in [4.69, 9.17) is 15.9 Å². The van der Waals surface area contributed by atoms with Crippen LogP contribution < -0.4 is 14.8 Å². The van der Waals surface area contributed by atoms with Crippen molar-refractivity contribution in [2.24, 2.45) is 0 Å². The van der Waals surface area contributed by atoms with Gasteiger partial charge in [0.05, 0.1) is 4.47 Å². The summed E-state index contributed by atoms with van der Waals surface area (Å²) in [5, 5.41) is 3.46. The van der Waals surface area contributed by atoms with Crippen molar-refractivity contribution in [3.05, 3.63) is 22.2 Å². The summed E-state index contributed by atoms with van der Waals surface area (Å²) in [6.07, 6.45) is 7.13. The number of terminal acetylenes is 1. The van der Waals surface area contributed by atoms with Gasteiger partial charge in [0.2, 0.25) is 0 Å². The van der Waals surface area contributed by atoms with Gasteiger partial charge in [0.25, 0.3) is 0 Å². The van der Waals surface area contributed by atoms with Gasteiger partial charge in [-0.1, -0.05) is 6.92 Å². The Morgan fingerprint density at radius 1 is 1.42 bits per heavy atom. The number of fused-ring (bicyclic) bond motifs is 1. The second-order valence-electron chi connectivity index (χ2n) is 4.50. The average molecular weight is 324 g/mol. The molecule has 1 heterocycles. The van der Waals surface area contributed by atoms with E-state index in [9.17, 15) is 0 Å². The van der Waals surface area contributed by atoms with Gasteiger partial charge >= 0.3 is 0 Å². The first-order chi connectivity index (χ1) is 9.24. The van der Waals surface area contributed by atoms with E-state index in [0.717, 1.165) is 40.9 Å². The van der Waals surface area contributed by atoms with E-state index in [1.165, 1.54) is 0 Å². The predicted octanol–water partition coefficient (Wildman–Crippen LogP) is 3.11. The third-order valence-electron chi connectivity index (χ3n) is 3.11. The van der Waals surface area contributed by atoms with Crippen molar-refractivity contribution >= 4 is 15.9 Å². The number of halogens is 1. The smallest absolute Gasteiger partial charge is 0.175 e. The van der Waals surface area contributed by atoms with Crippen molar-refractivity contribution in [3.8, 4) is 23.8 Å². The van der Waals surface area contributed by atoms with Crippen LogP contribution in [0.4, 0.5) is 0 Å². The Balaban J connectivity index is 2.05. The summed E-state index contributed by atoms with van der Waals surface area (Å²) >= 11 is 3.52. The summed E-state index contributed by atoms with van der Waals surface area (Å²) in [6.45, 7) is 4.11. The topological polar surface area (TPSA) is 30.5 Å². The molecule has 0 aliphatic carbocycles. The van der Waals surface area contributed by atoms with Gasteiger partial charge in [-0.3, -0.25) is 0 Å². The van der Waals surface area contributed by atoms with Gasteiger partial charge < -0.3 is 14.8 Å². The molecule has 3 nitrogen and oxygen atoms in total. The number of nitrogens with one attached hydrogen (secondary N) is 1. The maximum Gasteiger partial charge on any atom is 0.175 e. The van der Waals surface area contributed by atoms with Gasteiger partial charge in [-0.25, -0.2) is 0 Å². The molecule has 0 amide bonds. The number of hydrogen-bond acceptors (Lipinski definition) is 3. The van der Waals surface area contributed by atoms with Crippen LogP contribution in [-0.2, 0) is 6.54 Å². The maximum atomic E-state index is 5.61. The van der Waals surface area contributed by atoms with Crippen LogP contribution in [0.25, 0.3) is 0 Å².